The lowest BCUT2D eigenvalue weighted by atomic mass is 9.86. The molecule has 6 nitrogen and oxygen atoms in total. The van der Waals surface area contributed by atoms with E-state index in [4.69, 9.17) is 0 Å². The van der Waals surface area contributed by atoms with E-state index in [1.54, 1.807) is 12.1 Å². The van der Waals surface area contributed by atoms with Crippen LogP contribution in [0.25, 0.3) is 0 Å². The monoisotopic (exact) mass is 370 g/mol. The van der Waals surface area contributed by atoms with Gasteiger partial charge in [-0.2, -0.15) is 0 Å². The minimum absolute atomic E-state index is 0.000677. The first-order valence-corrected chi connectivity index (χ1v) is 10.4. The highest BCUT2D eigenvalue weighted by Crippen LogP contribution is 2.25. The zero-order chi connectivity index (χ0) is 18.1. The molecule has 0 heterocycles. The Hall–Kier alpha value is -1.67. The molecule has 3 N–H and O–H groups in total. The Bertz CT molecular complexity index is 658. The maximum atomic E-state index is 12.9. The Morgan fingerprint density at radius 2 is 1.96 bits per heavy atom. The van der Waals surface area contributed by atoms with Crippen molar-refractivity contribution in [1.82, 2.24) is 15.4 Å². The molecule has 140 valence electrons. The van der Waals surface area contributed by atoms with E-state index in [9.17, 15) is 12.8 Å². The number of benzene rings is 1. The highest BCUT2D eigenvalue weighted by atomic mass is 32.2. The fraction of sp³-hybridized carbons (Fsp3) is 0.588. The van der Waals surface area contributed by atoms with Gasteiger partial charge >= 0.3 is 0 Å². The molecule has 0 radical (unpaired) electrons. The summed E-state index contributed by atoms with van der Waals surface area (Å²) in [5, 5.41) is 6.09. The largest absolute Gasteiger partial charge is 0.357 e. The topological polar surface area (TPSA) is 82.6 Å². The van der Waals surface area contributed by atoms with Gasteiger partial charge in [-0.1, -0.05) is 18.6 Å². The summed E-state index contributed by atoms with van der Waals surface area (Å²) in [6.07, 6.45) is 3.42. The average molecular weight is 370 g/mol. The molecule has 0 amide bonds. The van der Waals surface area contributed by atoms with Gasteiger partial charge in [0.05, 0.1) is 12.3 Å². The summed E-state index contributed by atoms with van der Waals surface area (Å²) < 4.78 is 39.5. The van der Waals surface area contributed by atoms with Crippen molar-refractivity contribution in [3.63, 3.8) is 0 Å². The SMILES string of the molecule is CCNC(=NCc1ccc(F)cc1)NCCS(=O)(=O)NCC1CCC1. The Morgan fingerprint density at radius 1 is 1.24 bits per heavy atom. The van der Waals surface area contributed by atoms with Crippen LogP contribution in [0.3, 0.4) is 0 Å². The molecule has 0 aromatic heterocycles. The minimum atomic E-state index is -3.27. The van der Waals surface area contributed by atoms with Crippen LogP contribution >= 0.6 is 0 Å². The van der Waals surface area contributed by atoms with Gasteiger partial charge in [0, 0.05) is 19.6 Å². The molecule has 1 aliphatic rings. The number of aliphatic imine (C=N–C) groups is 1. The van der Waals surface area contributed by atoms with E-state index in [0.29, 0.717) is 31.5 Å². The van der Waals surface area contributed by atoms with E-state index in [-0.39, 0.29) is 18.1 Å². The van der Waals surface area contributed by atoms with E-state index in [1.165, 1.54) is 18.6 Å². The van der Waals surface area contributed by atoms with Gasteiger partial charge in [0.25, 0.3) is 0 Å². The fourth-order valence-electron chi connectivity index (χ4n) is 2.42. The molecule has 8 heteroatoms. The first kappa shape index (κ1) is 19.7. The van der Waals surface area contributed by atoms with E-state index >= 15 is 0 Å². The van der Waals surface area contributed by atoms with Crippen LogP contribution in [-0.2, 0) is 16.6 Å². The smallest absolute Gasteiger partial charge is 0.213 e. The van der Waals surface area contributed by atoms with Crippen LogP contribution in [0.15, 0.2) is 29.3 Å². The number of nitrogens with one attached hydrogen (secondary N) is 3. The lowest BCUT2D eigenvalue weighted by Gasteiger charge is -2.25. The van der Waals surface area contributed by atoms with Crippen LogP contribution in [0.1, 0.15) is 31.7 Å². The van der Waals surface area contributed by atoms with Crippen molar-refractivity contribution in [2.75, 3.05) is 25.4 Å². The predicted octanol–water partition coefficient (Wildman–Crippen LogP) is 1.60. The first-order valence-electron chi connectivity index (χ1n) is 8.72. The summed E-state index contributed by atoms with van der Waals surface area (Å²) in [4.78, 5) is 4.39. The highest BCUT2D eigenvalue weighted by Gasteiger charge is 2.20. The van der Waals surface area contributed by atoms with Crippen molar-refractivity contribution in [3.8, 4) is 0 Å². The van der Waals surface area contributed by atoms with Crippen LogP contribution in [0.2, 0.25) is 0 Å². The first-order chi connectivity index (χ1) is 12.0. The van der Waals surface area contributed by atoms with Crippen LogP contribution in [0.4, 0.5) is 4.39 Å². The number of nitrogens with zero attached hydrogens (tertiary/aromatic N) is 1. The van der Waals surface area contributed by atoms with E-state index in [2.05, 4.69) is 20.3 Å². The van der Waals surface area contributed by atoms with E-state index in [1.807, 2.05) is 6.92 Å². The maximum absolute atomic E-state index is 12.9. The fourth-order valence-corrected chi connectivity index (χ4v) is 3.42. The average Bonchev–Trinajstić information content (AvgIpc) is 2.52. The second-order valence-corrected chi connectivity index (χ2v) is 8.14. The molecule has 0 bridgehead atoms. The summed E-state index contributed by atoms with van der Waals surface area (Å²) >= 11 is 0. The van der Waals surface area contributed by atoms with Gasteiger partial charge in [-0.3, -0.25) is 0 Å². The third-order valence-corrected chi connectivity index (χ3v) is 5.51. The second-order valence-electron chi connectivity index (χ2n) is 6.21. The Morgan fingerprint density at radius 3 is 2.56 bits per heavy atom. The van der Waals surface area contributed by atoms with E-state index < -0.39 is 10.0 Å². The quantitative estimate of drug-likeness (QED) is 0.455. The van der Waals surface area contributed by atoms with Crippen LogP contribution in [0, 0.1) is 11.7 Å². The lowest BCUT2D eigenvalue weighted by Crippen LogP contribution is -2.42. The van der Waals surface area contributed by atoms with Gasteiger partial charge in [0.2, 0.25) is 10.0 Å². The molecule has 0 atom stereocenters. The lowest BCUT2D eigenvalue weighted by molar-refractivity contribution is 0.316. The summed E-state index contributed by atoms with van der Waals surface area (Å²) in [5.41, 5.74) is 0.883. The Balaban J connectivity index is 1.77. The van der Waals surface area contributed by atoms with Crippen molar-refractivity contribution in [2.24, 2.45) is 10.9 Å². The molecular weight excluding hydrogens is 343 g/mol. The molecule has 0 aliphatic heterocycles. The molecule has 1 aliphatic carbocycles. The van der Waals surface area contributed by atoms with Crippen molar-refractivity contribution < 1.29 is 12.8 Å². The molecule has 25 heavy (non-hydrogen) atoms. The van der Waals surface area contributed by atoms with Crippen molar-refractivity contribution in [2.45, 2.75) is 32.7 Å². The minimum Gasteiger partial charge on any atom is -0.357 e. The molecule has 1 aromatic rings. The Kier molecular flexibility index (Phi) is 7.64. The molecule has 1 fully saturated rings. The summed E-state index contributed by atoms with van der Waals surface area (Å²) in [5.74, 6) is 0.761. The van der Waals surface area contributed by atoms with Gasteiger partial charge in [-0.05, 0) is 43.4 Å². The molecule has 1 aromatic carbocycles. The van der Waals surface area contributed by atoms with Crippen molar-refractivity contribution in [1.29, 1.82) is 0 Å². The van der Waals surface area contributed by atoms with Crippen molar-refractivity contribution >= 4 is 16.0 Å². The summed E-state index contributed by atoms with van der Waals surface area (Å²) in [6, 6.07) is 6.14. The number of hydrogen-bond donors (Lipinski definition) is 3. The van der Waals surface area contributed by atoms with Gasteiger partial charge < -0.3 is 10.6 Å². The number of rotatable bonds is 9. The van der Waals surface area contributed by atoms with E-state index in [0.717, 1.165) is 18.4 Å². The van der Waals surface area contributed by atoms with Crippen LogP contribution in [0.5, 0.6) is 0 Å². The number of hydrogen-bond acceptors (Lipinski definition) is 3. The Labute approximate surface area is 149 Å². The van der Waals surface area contributed by atoms with Gasteiger partial charge in [0.1, 0.15) is 5.82 Å². The molecule has 0 saturated heterocycles. The molecule has 2 rings (SSSR count). The predicted molar refractivity (Wildman–Crippen MR) is 98.3 cm³/mol. The third-order valence-electron chi connectivity index (χ3n) is 4.16. The zero-order valence-corrected chi connectivity index (χ0v) is 15.4. The van der Waals surface area contributed by atoms with Gasteiger partial charge in [-0.15, -0.1) is 0 Å². The van der Waals surface area contributed by atoms with Gasteiger partial charge in [-0.25, -0.2) is 22.5 Å². The highest BCUT2D eigenvalue weighted by molar-refractivity contribution is 7.89. The van der Waals surface area contributed by atoms with Crippen molar-refractivity contribution in [3.05, 3.63) is 35.6 Å². The number of sulfonamides is 1. The van der Waals surface area contributed by atoms with Crippen LogP contribution in [-0.4, -0.2) is 39.8 Å². The maximum Gasteiger partial charge on any atom is 0.213 e. The number of halogens is 1. The van der Waals surface area contributed by atoms with Gasteiger partial charge in [0.15, 0.2) is 5.96 Å². The second kappa shape index (κ2) is 9.72. The molecule has 1 saturated carbocycles. The molecule has 0 unspecified atom stereocenters. The standard InChI is InChI=1S/C17H27FN4O2S/c1-2-19-17(21-12-15-6-8-16(18)9-7-15)20-10-11-25(23,24)22-13-14-4-3-5-14/h6-9,14,22H,2-5,10-13H2,1H3,(H2,19,20,21). The zero-order valence-electron chi connectivity index (χ0n) is 14.6. The normalized spacial score (nSPS) is 15.7. The van der Waals surface area contributed by atoms with Crippen LogP contribution < -0.4 is 15.4 Å². The molecular formula is C17H27FN4O2S. The summed E-state index contributed by atoms with van der Waals surface area (Å²) in [6.45, 7) is 3.81. The third kappa shape index (κ3) is 7.39. The molecule has 0 spiro atoms. The summed E-state index contributed by atoms with van der Waals surface area (Å²) in [7, 11) is -3.27. The number of guanidine groups is 1.